The van der Waals surface area contributed by atoms with Gasteiger partial charge in [-0.2, -0.15) is 10.1 Å². The standard InChI is InChI=1S/C20H21N5O2/c1-11-5-7-15(12(2)9-11)24-19(26)17-14(4)23-20-21-10-22-25(20)18(17)16-8-6-13(3)27-16/h5-10,18H,1-4H3,(H,24,26)(H,21,22,23). The van der Waals surface area contributed by atoms with Crippen molar-refractivity contribution in [3.8, 4) is 0 Å². The number of carbonyl (C=O) groups excluding carboxylic acids is 1. The van der Waals surface area contributed by atoms with Gasteiger partial charge in [-0.05, 0) is 51.5 Å². The molecule has 7 nitrogen and oxygen atoms in total. The molecule has 1 aliphatic rings. The number of furan rings is 1. The van der Waals surface area contributed by atoms with Gasteiger partial charge in [0, 0.05) is 11.4 Å². The molecule has 0 spiro atoms. The van der Waals surface area contributed by atoms with E-state index in [0.29, 0.717) is 17.3 Å². The number of fused-ring (bicyclic) bond motifs is 1. The number of allylic oxidation sites excluding steroid dienone is 1. The molecule has 0 aliphatic carbocycles. The maximum atomic E-state index is 13.2. The Hall–Kier alpha value is -3.35. The molecule has 1 aromatic carbocycles. The lowest BCUT2D eigenvalue weighted by molar-refractivity contribution is -0.113. The van der Waals surface area contributed by atoms with Crippen LogP contribution in [-0.4, -0.2) is 20.7 Å². The summed E-state index contributed by atoms with van der Waals surface area (Å²) in [7, 11) is 0. The number of nitrogens with one attached hydrogen (secondary N) is 2. The van der Waals surface area contributed by atoms with Crippen molar-refractivity contribution in [2.75, 3.05) is 10.6 Å². The Balaban J connectivity index is 1.75. The van der Waals surface area contributed by atoms with Crippen LogP contribution < -0.4 is 10.6 Å². The number of hydrogen-bond donors (Lipinski definition) is 2. The summed E-state index contributed by atoms with van der Waals surface area (Å²) in [5, 5.41) is 10.5. The van der Waals surface area contributed by atoms with Crippen LogP contribution in [0.1, 0.15) is 35.6 Å². The molecule has 7 heteroatoms. The van der Waals surface area contributed by atoms with Gasteiger partial charge in [-0.3, -0.25) is 4.79 Å². The first-order valence-electron chi connectivity index (χ1n) is 8.76. The second-order valence-corrected chi connectivity index (χ2v) is 6.82. The first kappa shape index (κ1) is 17.1. The molecule has 1 atom stereocenters. The van der Waals surface area contributed by atoms with Gasteiger partial charge in [0.25, 0.3) is 5.91 Å². The van der Waals surface area contributed by atoms with Gasteiger partial charge in [-0.15, -0.1) is 0 Å². The minimum Gasteiger partial charge on any atom is -0.464 e. The fourth-order valence-electron chi connectivity index (χ4n) is 3.39. The maximum Gasteiger partial charge on any atom is 0.256 e. The first-order chi connectivity index (χ1) is 12.9. The highest BCUT2D eigenvalue weighted by Gasteiger charge is 2.35. The molecule has 0 radical (unpaired) electrons. The lowest BCUT2D eigenvalue weighted by atomic mass is 9.99. The van der Waals surface area contributed by atoms with Crippen LogP contribution in [-0.2, 0) is 4.79 Å². The van der Waals surface area contributed by atoms with Crippen molar-refractivity contribution in [3.63, 3.8) is 0 Å². The first-order valence-corrected chi connectivity index (χ1v) is 8.76. The Morgan fingerprint density at radius 1 is 1.19 bits per heavy atom. The third kappa shape index (κ3) is 3.01. The maximum absolute atomic E-state index is 13.2. The van der Waals surface area contributed by atoms with Crippen molar-refractivity contribution in [1.29, 1.82) is 0 Å². The highest BCUT2D eigenvalue weighted by atomic mass is 16.3. The number of carbonyl (C=O) groups is 1. The van der Waals surface area contributed by atoms with E-state index >= 15 is 0 Å². The summed E-state index contributed by atoms with van der Waals surface area (Å²) in [6.07, 6.45) is 1.46. The largest absolute Gasteiger partial charge is 0.464 e. The van der Waals surface area contributed by atoms with E-state index in [1.165, 1.54) is 6.33 Å². The number of nitrogens with zero attached hydrogens (tertiary/aromatic N) is 3. The van der Waals surface area contributed by atoms with Crippen LogP contribution in [0.25, 0.3) is 0 Å². The molecule has 2 aromatic heterocycles. The minimum absolute atomic E-state index is 0.202. The molecule has 1 aliphatic heterocycles. The predicted octanol–water partition coefficient (Wildman–Crippen LogP) is 3.72. The van der Waals surface area contributed by atoms with Gasteiger partial charge in [-0.1, -0.05) is 17.7 Å². The minimum atomic E-state index is -0.483. The normalized spacial score (nSPS) is 16.1. The van der Waals surface area contributed by atoms with Crippen molar-refractivity contribution in [2.24, 2.45) is 0 Å². The molecule has 3 aromatic rings. The molecular weight excluding hydrogens is 342 g/mol. The predicted molar refractivity (Wildman–Crippen MR) is 102 cm³/mol. The topological polar surface area (TPSA) is 85.0 Å². The summed E-state index contributed by atoms with van der Waals surface area (Å²) >= 11 is 0. The van der Waals surface area contributed by atoms with Gasteiger partial charge in [0.05, 0.1) is 5.57 Å². The molecule has 1 amide bonds. The zero-order valence-corrected chi connectivity index (χ0v) is 15.7. The van der Waals surface area contributed by atoms with Crippen LogP contribution in [0.2, 0.25) is 0 Å². The Morgan fingerprint density at radius 2 is 2.00 bits per heavy atom. The Bertz CT molecular complexity index is 1060. The Kier molecular flexibility index (Phi) is 4.07. The quantitative estimate of drug-likeness (QED) is 0.741. The van der Waals surface area contributed by atoms with Crippen molar-refractivity contribution in [1.82, 2.24) is 14.8 Å². The number of rotatable bonds is 3. The summed E-state index contributed by atoms with van der Waals surface area (Å²) in [4.78, 5) is 17.4. The number of amides is 1. The van der Waals surface area contributed by atoms with E-state index in [1.807, 2.05) is 58.0 Å². The number of aryl methyl sites for hydroxylation is 3. The average molecular weight is 363 g/mol. The lowest BCUT2D eigenvalue weighted by Gasteiger charge is -2.27. The molecule has 0 fully saturated rings. The van der Waals surface area contributed by atoms with Gasteiger partial charge in [-0.25, -0.2) is 4.68 Å². The van der Waals surface area contributed by atoms with Gasteiger partial charge < -0.3 is 15.1 Å². The summed E-state index contributed by atoms with van der Waals surface area (Å²) in [6, 6.07) is 9.20. The Morgan fingerprint density at radius 3 is 2.70 bits per heavy atom. The number of anilines is 2. The van der Waals surface area contributed by atoms with Gasteiger partial charge >= 0.3 is 0 Å². The number of benzene rings is 1. The van der Waals surface area contributed by atoms with Crippen molar-refractivity contribution in [2.45, 2.75) is 33.7 Å². The smallest absolute Gasteiger partial charge is 0.256 e. The molecule has 27 heavy (non-hydrogen) atoms. The van der Waals surface area contributed by atoms with Crippen LogP contribution in [0.15, 0.2) is 52.3 Å². The van der Waals surface area contributed by atoms with Crippen LogP contribution in [0.5, 0.6) is 0 Å². The van der Waals surface area contributed by atoms with Crippen LogP contribution in [0.3, 0.4) is 0 Å². The van der Waals surface area contributed by atoms with Crippen molar-refractivity contribution < 1.29 is 9.21 Å². The molecule has 4 rings (SSSR count). The van der Waals surface area contributed by atoms with E-state index in [9.17, 15) is 4.79 Å². The van der Waals surface area contributed by atoms with Crippen LogP contribution >= 0.6 is 0 Å². The molecule has 0 saturated carbocycles. The van der Waals surface area contributed by atoms with Crippen LogP contribution in [0, 0.1) is 20.8 Å². The molecule has 0 bridgehead atoms. The third-order valence-corrected chi connectivity index (χ3v) is 4.70. The Labute approximate surface area is 157 Å². The van der Waals surface area contributed by atoms with Gasteiger partial charge in [0.2, 0.25) is 5.95 Å². The summed E-state index contributed by atoms with van der Waals surface area (Å²) in [5.41, 5.74) is 4.21. The molecule has 1 unspecified atom stereocenters. The average Bonchev–Trinajstić information content (AvgIpc) is 3.24. The molecule has 0 saturated heterocycles. The second-order valence-electron chi connectivity index (χ2n) is 6.82. The second kappa shape index (κ2) is 6.42. The highest BCUT2D eigenvalue weighted by molar-refractivity contribution is 6.06. The molecule has 138 valence electrons. The zero-order valence-electron chi connectivity index (χ0n) is 15.7. The van der Waals surface area contributed by atoms with Crippen molar-refractivity contribution in [3.05, 3.63) is 70.6 Å². The summed E-state index contributed by atoms with van der Waals surface area (Å²) in [5.74, 6) is 1.80. The summed E-state index contributed by atoms with van der Waals surface area (Å²) in [6.45, 7) is 7.74. The van der Waals surface area contributed by atoms with Gasteiger partial charge in [0.15, 0.2) is 0 Å². The van der Waals surface area contributed by atoms with Crippen LogP contribution in [0.4, 0.5) is 11.6 Å². The SMILES string of the molecule is CC1=C(C(=O)Nc2ccc(C)cc2C)C(c2ccc(C)o2)n2ncnc2N1. The monoisotopic (exact) mass is 363 g/mol. The molecule has 3 heterocycles. The van der Waals surface area contributed by atoms with E-state index in [0.717, 1.165) is 28.3 Å². The number of aromatic nitrogens is 3. The summed E-state index contributed by atoms with van der Waals surface area (Å²) < 4.78 is 7.51. The van der Waals surface area contributed by atoms with E-state index in [1.54, 1.807) is 4.68 Å². The zero-order chi connectivity index (χ0) is 19.1. The lowest BCUT2D eigenvalue weighted by Crippen LogP contribution is -2.31. The van der Waals surface area contributed by atoms with E-state index in [4.69, 9.17) is 4.42 Å². The van der Waals surface area contributed by atoms with E-state index in [2.05, 4.69) is 20.7 Å². The fourth-order valence-corrected chi connectivity index (χ4v) is 3.39. The third-order valence-electron chi connectivity index (χ3n) is 4.70. The van der Waals surface area contributed by atoms with E-state index in [-0.39, 0.29) is 5.91 Å². The van der Waals surface area contributed by atoms with Crippen molar-refractivity contribution >= 4 is 17.5 Å². The highest BCUT2D eigenvalue weighted by Crippen LogP contribution is 2.36. The van der Waals surface area contributed by atoms with E-state index < -0.39 is 6.04 Å². The molecule has 2 N–H and O–H groups in total. The number of hydrogen-bond acceptors (Lipinski definition) is 5. The molecular formula is C20H21N5O2. The van der Waals surface area contributed by atoms with Gasteiger partial charge in [0.1, 0.15) is 23.9 Å². The fraction of sp³-hybridized carbons (Fsp3) is 0.250.